The molecule has 3 atom stereocenters. The van der Waals surface area contributed by atoms with Gasteiger partial charge in [-0.15, -0.1) is 0 Å². The highest BCUT2D eigenvalue weighted by molar-refractivity contribution is 5.72. The molecular formula is C54H66. The Hall–Kier alpha value is -4.68. The van der Waals surface area contributed by atoms with E-state index in [0.29, 0.717) is 17.8 Å². The molecule has 0 N–H and O–H groups in total. The van der Waals surface area contributed by atoms with Crippen molar-refractivity contribution in [2.75, 3.05) is 0 Å². The molecule has 0 nitrogen and oxygen atoms in total. The molecule has 6 aromatic carbocycles. The third-order valence-electron chi connectivity index (χ3n) is 11.4. The third-order valence-corrected chi connectivity index (χ3v) is 11.4. The lowest BCUT2D eigenvalue weighted by Gasteiger charge is -2.51. The van der Waals surface area contributed by atoms with Crippen LogP contribution in [0.1, 0.15) is 106 Å². The van der Waals surface area contributed by atoms with E-state index in [1.807, 2.05) is 41.5 Å². The zero-order valence-electron chi connectivity index (χ0n) is 34.8. The molecule has 0 spiro atoms. The van der Waals surface area contributed by atoms with E-state index in [0.717, 1.165) is 0 Å². The van der Waals surface area contributed by atoms with Gasteiger partial charge in [0.15, 0.2) is 0 Å². The molecule has 0 saturated heterocycles. The van der Waals surface area contributed by atoms with Crippen molar-refractivity contribution in [3.8, 4) is 44.5 Å². The molecule has 282 valence electrons. The van der Waals surface area contributed by atoms with Crippen molar-refractivity contribution in [2.24, 2.45) is 17.8 Å². The zero-order valence-corrected chi connectivity index (χ0v) is 34.8. The minimum absolute atomic E-state index is 0.00687. The second-order valence-corrected chi connectivity index (χ2v) is 14.2. The fourth-order valence-electron chi connectivity index (χ4n) is 8.54. The van der Waals surface area contributed by atoms with Gasteiger partial charge < -0.3 is 0 Å². The van der Waals surface area contributed by atoms with Gasteiger partial charge in [-0.2, -0.15) is 0 Å². The highest BCUT2D eigenvalue weighted by atomic mass is 14.5. The van der Waals surface area contributed by atoms with Crippen molar-refractivity contribution in [3.63, 3.8) is 0 Å². The number of hydrogen-bond acceptors (Lipinski definition) is 0. The van der Waals surface area contributed by atoms with Gasteiger partial charge in [-0.3, -0.25) is 0 Å². The molecule has 0 heteroatoms. The summed E-state index contributed by atoms with van der Waals surface area (Å²) in [5.41, 5.74) is 13.1. The fraction of sp³-hybridized carbons (Fsp3) is 0.333. The third kappa shape index (κ3) is 9.51. The SMILES string of the molecule is CC.CC.CC.CCC(C)CC1CCCC(C)C1(c1ccc(-c2ccc(-c3ccccc3)cc2)cc1)c1ccc(-c2ccc(-c3ccccc3)cc2)cc1. The Morgan fingerprint density at radius 1 is 0.444 bits per heavy atom. The molecule has 3 unspecified atom stereocenters. The van der Waals surface area contributed by atoms with Crippen LogP contribution >= 0.6 is 0 Å². The minimum atomic E-state index is -0.00687. The van der Waals surface area contributed by atoms with E-state index in [9.17, 15) is 0 Å². The van der Waals surface area contributed by atoms with Gasteiger partial charge in [0.1, 0.15) is 0 Å². The number of benzene rings is 6. The Bertz CT molecular complexity index is 1750. The van der Waals surface area contributed by atoms with Crippen molar-refractivity contribution in [3.05, 3.63) is 169 Å². The summed E-state index contributed by atoms with van der Waals surface area (Å²) in [5.74, 6) is 1.89. The van der Waals surface area contributed by atoms with Crippen LogP contribution in [-0.2, 0) is 5.41 Å². The summed E-state index contributed by atoms with van der Waals surface area (Å²) in [6.45, 7) is 19.3. The zero-order chi connectivity index (χ0) is 38.9. The Labute approximate surface area is 329 Å². The molecule has 6 aromatic rings. The highest BCUT2D eigenvalue weighted by Gasteiger charge is 2.48. The summed E-state index contributed by atoms with van der Waals surface area (Å²) < 4.78 is 0. The second-order valence-electron chi connectivity index (χ2n) is 14.2. The Morgan fingerprint density at radius 2 is 0.741 bits per heavy atom. The van der Waals surface area contributed by atoms with Crippen LogP contribution in [-0.4, -0.2) is 0 Å². The van der Waals surface area contributed by atoms with E-state index in [1.54, 1.807) is 0 Å². The second kappa shape index (κ2) is 21.3. The first-order chi connectivity index (χ1) is 26.6. The topological polar surface area (TPSA) is 0 Å². The molecule has 0 radical (unpaired) electrons. The van der Waals surface area contributed by atoms with Crippen LogP contribution in [0.2, 0.25) is 0 Å². The summed E-state index contributed by atoms with van der Waals surface area (Å²) in [4.78, 5) is 0. The largest absolute Gasteiger partial charge is 0.0683 e. The average molecular weight is 715 g/mol. The molecule has 7 rings (SSSR count). The van der Waals surface area contributed by atoms with E-state index in [1.165, 1.54) is 87.7 Å². The van der Waals surface area contributed by atoms with Crippen molar-refractivity contribution >= 4 is 0 Å². The van der Waals surface area contributed by atoms with E-state index in [-0.39, 0.29) is 5.41 Å². The van der Waals surface area contributed by atoms with E-state index in [4.69, 9.17) is 0 Å². The molecule has 1 aliphatic rings. The molecule has 54 heavy (non-hydrogen) atoms. The predicted molar refractivity (Wildman–Crippen MR) is 240 cm³/mol. The molecule has 1 saturated carbocycles. The van der Waals surface area contributed by atoms with Crippen molar-refractivity contribution in [1.82, 2.24) is 0 Å². The molecule has 0 aliphatic heterocycles. The maximum atomic E-state index is 2.52. The van der Waals surface area contributed by atoms with Crippen molar-refractivity contribution in [2.45, 2.75) is 99.8 Å². The Morgan fingerprint density at radius 3 is 1.06 bits per heavy atom. The van der Waals surface area contributed by atoms with Gasteiger partial charge >= 0.3 is 0 Å². The first kappa shape index (κ1) is 42.1. The lowest BCUT2D eigenvalue weighted by Crippen LogP contribution is -2.46. The van der Waals surface area contributed by atoms with Gasteiger partial charge in [-0.05, 0) is 92.7 Å². The van der Waals surface area contributed by atoms with Crippen LogP contribution in [0.3, 0.4) is 0 Å². The average Bonchev–Trinajstić information content (AvgIpc) is 3.27. The molecule has 0 amide bonds. The summed E-state index contributed by atoms with van der Waals surface area (Å²) in [6, 6.07) is 58.7. The van der Waals surface area contributed by atoms with Crippen LogP contribution in [0, 0.1) is 17.8 Å². The maximum absolute atomic E-state index is 2.52. The van der Waals surface area contributed by atoms with E-state index in [2.05, 4.69) is 178 Å². The van der Waals surface area contributed by atoms with Crippen LogP contribution in [0.4, 0.5) is 0 Å². The lowest BCUT2D eigenvalue weighted by atomic mass is 9.53. The molecule has 0 aromatic heterocycles. The van der Waals surface area contributed by atoms with Crippen molar-refractivity contribution < 1.29 is 0 Å². The van der Waals surface area contributed by atoms with Gasteiger partial charge in [0.25, 0.3) is 0 Å². The lowest BCUT2D eigenvalue weighted by molar-refractivity contribution is 0.129. The molecule has 1 aliphatic carbocycles. The van der Waals surface area contributed by atoms with Gasteiger partial charge in [-0.1, -0.05) is 233 Å². The minimum Gasteiger partial charge on any atom is -0.0683 e. The summed E-state index contributed by atoms with van der Waals surface area (Å²) in [6.07, 6.45) is 6.38. The highest BCUT2D eigenvalue weighted by Crippen LogP contribution is 2.54. The predicted octanol–water partition coefficient (Wildman–Crippen LogP) is 16.6. The molecular weight excluding hydrogens is 649 g/mol. The van der Waals surface area contributed by atoms with Crippen LogP contribution < -0.4 is 0 Å². The Balaban J connectivity index is 0.00000103. The molecule has 1 fully saturated rings. The van der Waals surface area contributed by atoms with Crippen molar-refractivity contribution in [1.29, 1.82) is 0 Å². The maximum Gasteiger partial charge on any atom is 0.0256 e. The quantitative estimate of drug-likeness (QED) is 0.140. The normalized spacial score (nSPS) is 16.2. The molecule has 0 heterocycles. The first-order valence-electron chi connectivity index (χ1n) is 21.1. The first-order valence-corrected chi connectivity index (χ1v) is 21.1. The monoisotopic (exact) mass is 715 g/mol. The Kier molecular flexibility index (Phi) is 16.6. The summed E-state index contributed by atoms with van der Waals surface area (Å²) in [7, 11) is 0. The van der Waals surface area contributed by atoms with Gasteiger partial charge in [-0.25, -0.2) is 0 Å². The van der Waals surface area contributed by atoms with Gasteiger partial charge in [0.2, 0.25) is 0 Å². The number of rotatable bonds is 9. The van der Waals surface area contributed by atoms with E-state index < -0.39 is 0 Å². The smallest absolute Gasteiger partial charge is 0.0256 e. The molecule has 0 bridgehead atoms. The summed E-state index contributed by atoms with van der Waals surface area (Å²) >= 11 is 0. The van der Waals surface area contributed by atoms with Gasteiger partial charge in [0, 0.05) is 5.41 Å². The standard InChI is InChI=1S/C48H48.3C2H6/c1-4-35(2)34-47-17-11-12-36(3)48(47,45-30-26-43(27-31-45)41-22-18-39(19-23-41)37-13-7-5-8-14-37)46-32-28-44(29-33-46)42-24-20-40(21-25-42)38-15-9-6-10-16-38;3*1-2/h5-10,13-16,18-33,35-36,47H,4,11-12,17,34H2,1-3H3;3*1-2H3. The van der Waals surface area contributed by atoms with E-state index >= 15 is 0 Å². The van der Waals surface area contributed by atoms with Crippen LogP contribution in [0.15, 0.2) is 158 Å². The van der Waals surface area contributed by atoms with Gasteiger partial charge in [0.05, 0.1) is 0 Å². The van der Waals surface area contributed by atoms with Crippen LogP contribution in [0.25, 0.3) is 44.5 Å². The number of hydrogen-bond donors (Lipinski definition) is 0. The van der Waals surface area contributed by atoms with Crippen LogP contribution in [0.5, 0.6) is 0 Å². The summed E-state index contributed by atoms with van der Waals surface area (Å²) in [5, 5.41) is 0. The fourth-order valence-corrected chi connectivity index (χ4v) is 8.54.